The lowest BCUT2D eigenvalue weighted by Crippen LogP contribution is -2.30. The maximum atomic E-state index is 6.20. The fraction of sp³-hybridized carbons (Fsp3) is 0.417. The van der Waals surface area contributed by atoms with Crippen molar-refractivity contribution < 1.29 is 4.42 Å². The Morgan fingerprint density at radius 2 is 2.39 bits per heavy atom. The van der Waals surface area contributed by atoms with E-state index in [-0.39, 0.29) is 6.04 Å². The maximum Gasteiger partial charge on any atom is 0.101 e. The Morgan fingerprint density at radius 3 is 2.94 bits per heavy atom. The largest absolute Gasteiger partial charge is 0.469 e. The highest BCUT2D eigenvalue weighted by molar-refractivity contribution is 6.31. The van der Waals surface area contributed by atoms with E-state index in [1.165, 1.54) is 0 Å². The number of rotatable bonds is 5. The minimum absolute atomic E-state index is 0.219. The number of nitrogens with zero attached hydrogens (tertiary/aromatic N) is 2. The van der Waals surface area contributed by atoms with Gasteiger partial charge in [-0.3, -0.25) is 10.5 Å². The molecule has 1 unspecified atom stereocenters. The van der Waals surface area contributed by atoms with Crippen LogP contribution in [0.1, 0.15) is 36.4 Å². The molecule has 0 aliphatic rings. The standard InChI is InChI=1S/C12H17ClN4O/c1-3-4-17-12(10(13)6-15-17)11(16-14)9-5-8(2)18-7-9/h5-7,11,16H,3-4,14H2,1-2H3. The Kier molecular flexibility index (Phi) is 4.06. The highest BCUT2D eigenvalue weighted by atomic mass is 35.5. The number of furan rings is 1. The second kappa shape index (κ2) is 5.56. The molecule has 5 nitrogen and oxygen atoms in total. The third kappa shape index (κ3) is 2.43. The van der Waals surface area contributed by atoms with Crippen LogP contribution in [-0.4, -0.2) is 9.78 Å². The minimum Gasteiger partial charge on any atom is -0.469 e. The van der Waals surface area contributed by atoms with Gasteiger partial charge in [0.15, 0.2) is 0 Å². The molecule has 0 aliphatic carbocycles. The molecule has 2 rings (SSSR count). The summed E-state index contributed by atoms with van der Waals surface area (Å²) < 4.78 is 7.19. The van der Waals surface area contributed by atoms with Gasteiger partial charge in [0.2, 0.25) is 0 Å². The Balaban J connectivity index is 2.41. The molecule has 0 saturated carbocycles. The second-order valence-corrected chi connectivity index (χ2v) is 4.60. The van der Waals surface area contributed by atoms with Crippen LogP contribution in [0.25, 0.3) is 0 Å². The summed E-state index contributed by atoms with van der Waals surface area (Å²) in [7, 11) is 0. The fourth-order valence-corrected chi connectivity index (χ4v) is 2.25. The van der Waals surface area contributed by atoms with Gasteiger partial charge in [-0.1, -0.05) is 18.5 Å². The average Bonchev–Trinajstić information content (AvgIpc) is 2.91. The van der Waals surface area contributed by atoms with E-state index in [1.54, 1.807) is 12.5 Å². The lowest BCUT2D eigenvalue weighted by Gasteiger charge is -2.16. The van der Waals surface area contributed by atoms with Crippen molar-refractivity contribution in [2.24, 2.45) is 5.84 Å². The molecule has 2 heterocycles. The normalized spacial score (nSPS) is 12.9. The van der Waals surface area contributed by atoms with Crippen molar-refractivity contribution in [3.63, 3.8) is 0 Å². The van der Waals surface area contributed by atoms with Gasteiger partial charge in [-0.15, -0.1) is 0 Å². The van der Waals surface area contributed by atoms with Gasteiger partial charge in [0.1, 0.15) is 5.76 Å². The van der Waals surface area contributed by atoms with Crippen LogP contribution in [0, 0.1) is 6.92 Å². The summed E-state index contributed by atoms with van der Waals surface area (Å²) in [5.41, 5.74) is 4.57. The Bertz CT molecular complexity index is 520. The van der Waals surface area contributed by atoms with E-state index in [4.69, 9.17) is 21.9 Å². The monoisotopic (exact) mass is 268 g/mol. The lowest BCUT2D eigenvalue weighted by molar-refractivity contribution is 0.506. The molecule has 0 aliphatic heterocycles. The van der Waals surface area contributed by atoms with Crippen molar-refractivity contribution in [2.45, 2.75) is 32.9 Å². The van der Waals surface area contributed by atoms with Gasteiger partial charge in [0, 0.05) is 12.1 Å². The number of nitrogens with one attached hydrogen (secondary N) is 1. The van der Waals surface area contributed by atoms with E-state index >= 15 is 0 Å². The molecule has 3 N–H and O–H groups in total. The predicted molar refractivity (Wildman–Crippen MR) is 70.1 cm³/mol. The fourth-order valence-electron chi connectivity index (χ4n) is 2.00. The van der Waals surface area contributed by atoms with Crippen molar-refractivity contribution in [1.29, 1.82) is 0 Å². The molecule has 0 saturated heterocycles. The molecule has 0 spiro atoms. The number of aromatic nitrogens is 2. The van der Waals surface area contributed by atoms with Gasteiger partial charge < -0.3 is 4.42 Å². The number of hydrazine groups is 1. The number of hydrogen-bond donors (Lipinski definition) is 2. The molecule has 1 atom stereocenters. The number of aryl methyl sites for hydroxylation is 2. The van der Waals surface area contributed by atoms with Crippen molar-refractivity contribution >= 4 is 11.6 Å². The first kappa shape index (κ1) is 13.1. The number of halogens is 1. The van der Waals surface area contributed by atoms with Gasteiger partial charge in [-0.05, 0) is 19.4 Å². The number of nitrogens with two attached hydrogens (primary N) is 1. The molecular weight excluding hydrogens is 252 g/mol. The van der Waals surface area contributed by atoms with Crippen LogP contribution in [0.3, 0.4) is 0 Å². The smallest absolute Gasteiger partial charge is 0.101 e. The van der Waals surface area contributed by atoms with Crippen LogP contribution in [0.4, 0.5) is 0 Å². The van der Waals surface area contributed by atoms with Crippen LogP contribution >= 0.6 is 11.6 Å². The van der Waals surface area contributed by atoms with Crippen LogP contribution < -0.4 is 11.3 Å². The molecule has 2 aromatic heterocycles. The summed E-state index contributed by atoms with van der Waals surface area (Å²) in [6.45, 7) is 4.78. The highest BCUT2D eigenvalue weighted by Crippen LogP contribution is 2.28. The van der Waals surface area contributed by atoms with Crippen molar-refractivity contribution in [3.8, 4) is 0 Å². The van der Waals surface area contributed by atoms with Gasteiger partial charge >= 0.3 is 0 Å². The zero-order chi connectivity index (χ0) is 13.1. The molecule has 6 heteroatoms. The van der Waals surface area contributed by atoms with E-state index in [2.05, 4.69) is 17.4 Å². The van der Waals surface area contributed by atoms with Gasteiger partial charge in [0.25, 0.3) is 0 Å². The molecule has 0 fully saturated rings. The summed E-state index contributed by atoms with van der Waals surface area (Å²) >= 11 is 6.20. The molecule has 0 bridgehead atoms. The lowest BCUT2D eigenvalue weighted by atomic mass is 10.1. The van der Waals surface area contributed by atoms with E-state index < -0.39 is 0 Å². The first-order valence-corrected chi connectivity index (χ1v) is 6.27. The minimum atomic E-state index is -0.219. The van der Waals surface area contributed by atoms with Crippen molar-refractivity contribution in [3.05, 3.63) is 40.6 Å². The molecule has 0 aromatic carbocycles. The Labute approximate surface area is 111 Å². The van der Waals surface area contributed by atoms with Crippen LogP contribution in [0.5, 0.6) is 0 Å². The molecule has 0 amide bonds. The summed E-state index contributed by atoms with van der Waals surface area (Å²) in [5, 5.41) is 4.87. The van der Waals surface area contributed by atoms with Gasteiger partial charge in [0.05, 0.1) is 29.2 Å². The van der Waals surface area contributed by atoms with Crippen molar-refractivity contribution in [2.75, 3.05) is 0 Å². The topological polar surface area (TPSA) is 69.0 Å². The van der Waals surface area contributed by atoms with E-state index in [0.29, 0.717) is 5.02 Å². The summed E-state index contributed by atoms with van der Waals surface area (Å²) in [4.78, 5) is 0. The third-order valence-corrected chi connectivity index (χ3v) is 3.08. The predicted octanol–water partition coefficient (Wildman–Crippen LogP) is 2.40. The third-order valence-electron chi connectivity index (χ3n) is 2.79. The number of hydrogen-bond acceptors (Lipinski definition) is 4. The quantitative estimate of drug-likeness (QED) is 0.645. The Morgan fingerprint density at radius 1 is 1.61 bits per heavy atom. The zero-order valence-electron chi connectivity index (χ0n) is 10.5. The molecule has 2 aromatic rings. The zero-order valence-corrected chi connectivity index (χ0v) is 11.2. The van der Waals surface area contributed by atoms with E-state index in [1.807, 2.05) is 17.7 Å². The van der Waals surface area contributed by atoms with E-state index in [9.17, 15) is 0 Å². The molecule has 0 radical (unpaired) electrons. The Hall–Kier alpha value is -1.30. The van der Waals surface area contributed by atoms with Crippen LogP contribution in [0.2, 0.25) is 5.02 Å². The molecule has 98 valence electrons. The highest BCUT2D eigenvalue weighted by Gasteiger charge is 2.22. The average molecular weight is 269 g/mol. The molecular formula is C12H17ClN4O. The van der Waals surface area contributed by atoms with Crippen molar-refractivity contribution in [1.82, 2.24) is 15.2 Å². The first-order valence-electron chi connectivity index (χ1n) is 5.89. The van der Waals surface area contributed by atoms with E-state index in [0.717, 1.165) is 30.0 Å². The SMILES string of the molecule is CCCn1ncc(Cl)c1C(NN)c1coc(C)c1. The summed E-state index contributed by atoms with van der Waals surface area (Å²) in [6, 6.07) is 1.72. The summed E-state index contributed by atoms with van der Waals surface area (Å²) in [5.74, 6) is 6.48. The first-order chi connectivity index (χ1) is 8.67. The summed E-state index contributed by atoms with van der Waals surface area (Å²) in [6.07, 6.45) is 4.30. The van der Waals surface area contributed by atoms with Gasteiger partial charge in [-0.25, -0.2) is 5.43 Å². The molecule has 18 heavy (non-hydrogen) atoms. The van der Waals surface area contributed by atoms with Crippen LogP contribution in [-0.2, 0) is 6.54 Å². The maximum absolute atomic E-state index is 6.20. The van der Waals surface area contributed by atoms with Crippen LogP contribution in [0.15, 0.2) is 22.9 Å². The van der Waals surface area contributed by atoms with Gasteiger partial charge in [-0.2, -0.15) is 5.10 Å². The second-order valence-electron chi connectivity index (χ2n) is 4.19.